The first kappa shape index (κ1) is 11.2. The number of pyridine rings is 1. The zero-order valence-corrected chi connectivity index (χ0v) is 9.53. The molecule has 1 heterocycles. The van der Waals surface area contributed by atoms with E-state index in [-0.39, 0.29) is 0 Å². The molecule has 0 aliphatic carbocycles. The third-order valence-corrected chi connectivity index (χ3v) is 2.98. The highest BCUT2D eigenvalue weighted by Crippen LogP contribution is 2.21. The topological polar surface area (TPSA) is 12.9 Å². The van der Waals surface area contributed by atoms with Gasteiger partial charge in [-0.25, -0.2) is 0 Å². The van der Waals surface area contributed by atoms with Crippen LogP contribution in [-0.4, -0.2) is 4.98 Å². The standard InChI is InChI=1S/C13H21N/c1-4-11(2)8-9-12(3)13-7-5-6-10-14-13/h5-7,10-12H,4,8-9H2,1-3H3. The van der Waals surface area contributed by atoms with E-state index in [1.54, 1.807) is 0 Å². The van der Waals surface area contributed by atoms with Crippen molar-refractivity contribution in [3.63, 3.8) is 0 Å². The van der Waals surface area contributed by atoms with Crippen LogP contribution in [0.2, 0.25) is 0 Å². The van der Waals surface area contributed by atoms with Crippen molar-refractivity contribution in [2.75, 3.05) is 0 Å². The highest BCUT2D eigenvalue weighted by Gasteiger charge is 2.07. The van der Waals surface area contributed by atoms with Gasteiger partial charge in [-0.2, -0.15) is 0 Å². The van der Waals surface area contributed by atoms with Crippen LogP contribution in [0, 0.1) is 5.92 Å². The average molecular weight is 191 g/mol. The summed E-state index contributed by atoms with van der Waals surface area (Å²) in [6, 6.07) is 6.17. The molecule has 1 aromatic heterocycles. The molecule has 0 N–H and O–H groups in total. The molecule has 0 aliphatic rings. The Morgan fingerprint density at radius 1 is 1.21 bits per heavy atom. The third kappa shape index (κ3) is 3.49. The van der Waals surface area contributed by atoms with E-state index in [1.165, 1.54) is 25.0 Å². The molecule has 1 nitrogen and oxygen atoms in total. The Balaban J connectivity index is 2.39. The fraction of sp³-hybridized carbons (Fsp3) is 0.615. The predicted octanol–water partition coefficient (Wildman–Crippen LogP) is 4.01. The van der Waals surface area contributed by atoms with E-state index >= 15 is 0 Å². The molecule has 1 rings (SSSR count). The van der Waals surface area contributed by atoms with E-state index in [1.807, 2.05) is 12.3 Å². The highest BCUT2D eigenvalue weighted by molar-refractivity contribution is 5.08. The molecule has 2 atom stereocenters. The van der Waals surface area contributed by atoms with Crippen LogP contribution in [0.4, 0.5) is 0 Å². The summed E-state index contributed by atoms with van der Waals surface area (Å²) >= 11 is 0. The van der Waals surface area contributed by atoms with Gasteiger partial charge >= 0.3 is 0 Å². The van der Waals surface area contributed by atoms with Crippen molar-refractivity contribution in [3.05, 3.63) is 30.1 Å². The van der Waals surface area contributed by atoms with Gasteiger partial charge in [0, 0.05) is 11.9 Å². The van der Waals surface area contributed by atoms with Gasteiger partial charge in [0.05, 0.1) is 0 Å². The molecular weight excluding hydrogens is 170 g/mol. The fourth-order valence-electron chi connectivity index (χ4n) is 1.55. The molecule has 0 aliphatic heterocycles. The van der Waals surface area contributed by atoms with Crippen molar-refractivity contribution in [3.8, 4) is 0 Å². The number of hydrogen-bond donors (Lipinski definition) is 0. The summed E-state index contributed by atoms with van der Waals surface area (Å²) in [6.45, 7) is 6.85. The SMILES string of the molecule is CCC(C)CCC(C)c1ccccn1. The molecule has 0 bridgehead atoms. The van der Waals surface area contributed by atoms with Gasteiger partial charge in [0.25, 0.3) is 0 Å². The van der Waals surface area contributed by atoms with Gasteiger partial charge in [0.15, 0.2) is 0 Å². The highest BCUT2D eigenvalue weighted by atomic mass is 14.7. The molecule has 0 amide bonds. The van der Waals surface area contributed by atoms with Crippen molar-refractivity contribution in [1.82, 2.24) is 4.98 Å². The molecule has 2 unspecified atom stereocenters. The Kier molecular flexibility index (Phi) is 4.64. The van der Waals surface area contributed by atoms with Crippen LogP contribution in [0.5, 0.6) is 0 Å². The van der Waals surface area contributed by atoms with Crippen molar-refractivity contribution < 1.29 is 0 Å². The number of aromatic nitrogens is 1. The van der Waals surface area contributed by atoms with Crippen LogP contribution in [0.3, 0.4) is 0 Å². The van der Waals surface area contributed by atoms with E-state index in [0.717, 1.165) is 5.92 Å². The van der Waals surface area contributed by atoms with Gasteiger partial charge in [0.1, 0.15) is 0 Å². The lowest BCUT2D eigenvalue weighted by atomic mass is 9.94. The molecule has 0 saturated heterocycles. The summed E-state index contributed by atoms with van der Waals surface area (Å²) in [7, 11) is 0. The van der Waals surface area contributed by atoms with Gasteiger partial charge in [-0.05, 0) is 30.4 Å². The summed E-state index contributed by atoms with van der Waals surface area (Å²) in [5, 5.41) is 0. The second-order valence-corrected chi connectivity index (χ2v) is 4.25. The van der Waals surface area contributed by atoms with Crippen LogP contribution >= 0.6 is 0 Å². The summed E-state index contributed by atoms with van der Waals surface area (Å²) in [5.74, 6) is 1.45. The van der Waals surface area contributed by atoms with E-state index < -0.39 is 0 Å². The van der Waals surface area contributed by atoms with Gasteiger partial charge in [-0.3, -0.25) is 4.98 Å². The zero-order valence-electron chi connectivity index (χ0n) is 9.53. The first-order chi connectivity index (χ1) is 6.74. The molecule has 78 valence electrons. The predicted molar refractivity (Wildman–Crippen MR) is 61.3 cm³/mol. The zero-order chi connectivity index (χ0) is 10.4. The minimum Gasteiger partial charge on any atom is -0.261 e. The monoisotopic (exact) mass is 191 g/mol. The van der Waals surface area contributed by atoms with Crippen LogP contribution in [0.25, 0.3) is 0 Å². The van der Waals surface area contributed by atoms with Gasteiger partial charge in [-0.15, -0.1) is 0 Å². The van der Waals surface area contributed by atoms with E-state index in [0.29, 0.717) is 5.92 Å². The fourth-order valence-corrected chi connectivity index (χ4v) is 1.55. The lowest BCUT2D eigenvalue weighted by Gasteiger charge is -2.13. The molecule has 1 aromatic rings. The minimum absolute atomic E-state index is 0.602. The smallest absolute Gasteiger partial charge is 0.0431 e. The maximum Gasteiger partial charge on any atom is 0.0431 e. The van der Waals surface area contributed by atoms with Crippen molar-refractivity contribution in [2.24, 2.45) is 5.92 Å². The maximum absolute atomic E-state index is 4.38. The van der Waals surface area contributed by atoms with Gasteiger partial charge in [0.2, 0.25) is 0 Å². The molecule has 0 radical (unpaired) electrons. The summed E-state index contributed by atoms with van der Waals surface area (Å²) in [6.07, 6.45) is 5.74. The van der Waals surface area contributed by atoms with Crippen LogP contribution < -0.4 is 0 Å². The third-order valence-electron chi connectivity index (χ3n) is 2.98. The van der Waals surface area contributed by atoms with E-state index in [4.69, 9.17) is 0 Å². The largest absolute Gasteiger partial charge is 0.261 e. The van der Waals surface area contributed by atoms with Crippen LogP contribution in [0.1, 0.15) is 51.6 Å². The Morgan fingerprint density at radius 2 is 2.00 bits per heavy atom. The van der Waals surface area contributed by atoms with Crippen LogP contribution in [-0.2, 0) is 0 Å². The van der Waals surface area contributed by atoms with Crippen molar-refractivity contribution >= 4 is 0 Å². The number of nitrogens with zero attached hydrogens (tertiary/aromatic N) is 1. The summed E-state index contributed by atoms with van der Waals surface area (Å²) < 4.78 is 0. The molecule has 0 saturated carbocycles. The number of rotatable bonds is 5. The Hall–Kier alpha value is -0.850. The molecule has 0 spiro atoms. The van der Waals surface area contributed by atoms with E-state index in [9.17, 15) is 0 Å². The van der Waals surface area contributed by atoms with E-state index in [2.05, 4.69) is 37.9 Å². The van der Waals surface area contributed by atoms with Gasteiger partial charge in [-0.1, -0.05) is 39.7 Å². The Bertz CT molecular complexity index is 243. The lowest BCUT2D eigenvalue weighted by Crippen LogP contribution is -2.00. The number of hydrogen-bond acceptors (Lipinski definition) is 1. The Morgan fingerprint density at radius 3 is 2.57 bits per heavy atom. The van der Waals surface area contributed by atoms with Crippen molar-refractivity contribution in [2.45, 2.75) is 46.0 Å². The average Bonchev–Trinajstić information content (AvgIpc) is 2.26. The second kappa shape index (κ2) is 5.79. The lowest BCUT2D eigenvalue weighted by molar-refractivity contribution is 0.467. The van der Waals surface area contributed by atoms with Gasteiger partial charge < -0.3 is 0 Å². The first-order valence-electron chi connectivity index (χ1n) is 5.65. The maximum atomic E-state index is 4.38. The quantitative estimate of drug-likeness (QED) is 0.685. The first-order valence-corrected chi connectivity index (χ1v) is 5.65. The van der Waals surface area contributed by atoms with Crippen molar-refractivity contribution in [1.29, 1.82) is 0 Å². The molecule has 0 fully saturated rings. The molecule has 0 aromatic carbocycles. The molecule has 14 heavy (non-hydrogen) atoms. The second-order valence-electron chi connectivity index (χ2n) is 4.25. The summed E-state index contributed by atoms with van der Waals surface area (Å²) in [5.41, 5.74) is 1.23. The Labute approximate surface area is 87.6 Å². The molecular formula is C13H21N. The normalized spacial score (nSPS) is 15.1. The minimum atomic E-state index is 0.602. The molecule has 1 heteroatoms. The summed E-state index contributed by atoms with van der Waals surface area (Å²) in [4.78, 5) is 4.38. The van der Waals surface area contributed by atoms with Crippen LogP contribution in [0.15, 0.2) is 24.4 Å².